The first-order chi connectivity index (χ1) is 12.3. The lowest BCUT2D eigenvalue weighted by Gasteiger charge is -2.18. The van der Waals surface area contributed by atoms with Gasteiger partial charge in [0.2, 0.25) is 0 Å². The maximum Gasteiger partial charge on any atom is 0.490 e. The summed E-state index contributed by atoms with van der Waals surface area (Å²) in [5, 5.41) is 0. The molecule has 0 aliphatic carbocycles. The molecule has 1 aliphatic rings. The van der Waals surface area contributed by atoms with Crippen LogP contribution in [0.1, 0.15) is 19.1 Å². The summed E-state index contributed by atoms with van der Waals surface area (Å²) < 4.78 is 51.6. The second kappa shape index (κ2) is 8.19. The predicted molar refractivity (Wildman–Crippen MR) is 85.9 cm³/mol. The highest BCUT2D eigenvalue weighted by Crippen LogP contribution is 2.66. The Bertz CT molecular complexity index is 882. The summed E-state index contributed by atoms with van der Waals surface area (Å²) in [5.74, 6) is 0.0263. The monoisotopic (exact) mass is 451 g/mol. The van der Waals surface area contributed by atoms with Gasteiger partial charge in [-0.1, -0.05) is 0 Å². The summed E-state index contributed by atoms with van der Waals surface area (Å²) in [7, 11) is -16.3. The minimum absolute atomic E-state index is 0.0263. The van der Waals surface area contributed by atoms with E-state index in [1.165, 1.54) is 12.3 Å². The molecule has 15 nitrogen and oxygen atoms in total. The quantitative estimate of drug-likeness (QED) is 0.324. The minimum Gasteiger partial charge on any atom is -0.383 e. The van der Waals surface area contributed by atoms with Crippen molar-refractivity contribution in [3.05, 3.63) is 22.7 Å². The van der Waals surface area contributed by atoms with Gasteiger partial charge in [0.1, 0.15) is 12.0 Å². The van der Waals surface area contributed by atoms with Crippen molar-refractivity contribution in [3.63, 3.8) is 0 Å². The minimum atomic E-state index is -5.58. The van der Waals surface area contributed by atoms with Crippen LogP contribution in [0.15, 0.2) is 17.1 Å². The number of nitrogens with zero attached hydrogens (tertiary/aromatic N) is 2. The molecule has 6 N–H and O–H groups in total. The molecule has 1 aromatic heterocycles. The Labute approximate surface area is 151 Å². The largest absolute Gasteiger partial charge is 0.490 e. The van der Waals surface area contributed by atoms with Crippen molar-refractivity contribution in [2.24, 2.45) is 0 Å². The molecule has 0 spiro atoms. The second-order valence-corrected chi connectivity index (χ2v) is 9.64. The number of ether oxygens (including phenoxy) is 1. The number of aromatic nitrogens is 2. The molecule has 1 saturated heterocycles. The lowest BCUT2D eigenvalue weighted by atomic mass is 10.2. The van der Waals surface area contributed by atoms with Gasteiger partial charge < -0.3 is 30.0 Å². The Balaban J connectivity index is 1.91. The number of phosphoric acid groups is 3. The summed E-state index contributed by atoms with van der Waals surface area (Å²) in [6.45, 7) is -0.586. The number of anilines is 1. The number of rotatable bonds is 8. The van der Waals surface area contributed by atoms with Crippen molar-refractivity contribution in [2.75, 3.05) is 12.3 Å². The van der Waals surface area contributed by atoms with E-state index in [1.54, 1.807) is 0 Å². The fraction of sp³-hybridized carbons (Fsp3) is 0.556. The van der Waals surface area contributed by atoms with Gasteiger partial charge in [0.05, 0.1) is 12.7 Å². The van der Waals surface area contributed by atoms with Gasteiger partial charge in [-0.2, -0.15) is 13.6 Å². The van der Waals surface area contributed by atoms with Crippen LogP contribution >= 0.6 is 23.5 Å². The summed E-state index contributed by atoms with van der Waals surface area (Å²) in [6, 6.07) is 1.38. The summed E-state index contributed by atoms with van der Waals surface area (Å²) in [5.41, 5.74) is 4.72. The molecular weight excluding hydrogens is 435 g/mol. The van der Waals surface area contributed by atoms with Crippen LogP contribution in [-0.2, 0) is 31.6 Å². The van der Waals surface area contributed by atoms with E-state index in [2.05, 4.69) is 18.1 Å². The second-order valence-electron chi connectivity index (χ2n) is 5.22. The van der Waals surface area contributed by atoms with Gasteiger partial charge in [0.25, 0.3) is 0 Å². The smallest absolute Gasteiger partial charge is 0.383 e. The van der Waals surface area contributed by atoms with E-state index in [0.717, 1.165) is 4.57 Å². The van der Waals surface area contributed by atoms with E-state index in [9.17, 15) is 23.4 Å². The van der Waals surface area contributed by atoms with Crippen molar-refractivity contribution >= 4 is 29.3 Å². The number of hydrogen-bond acceptors (Lipinski definition) is 10. The third-order valence-electron chi connectivity index (χ3n) is 3.09. The van der Waals surface area contributed by atoms with E-state index in [-0.39, 0.29) is 12.2 Å². The Morgan fingerprint density at radius 1 is 1.19 bits per heavy atom. The molecule has 0 saturated carbocycles. The van der Waals surface area contributed by atoms with Crippen molar-refractivity contribution in [3.8, 4) is 0 Å². The fourth-order valence-corrected chi connectivity index (χ4v) is 5.19. The maximum atomic E-state index is 11.7. The fourth-order valence-electron chi connectivity index (χ4n) is 2.14. The number of nitrogens with two attached hydrogens (primary N) is 1. The highest BCUT2D eigenvalue weighted by atomic mass is 31.3. The third-order valence-corrected chi connectivity index (χ3v) is 6.89. The average Bonchev–Trinajstić information content (AvgIpc) is 2.90. The van der Waals surface area contributed by atoms with E-state index < -0.39 is 48.1 Å². The molecule has 3 unspecified atom stereocenters. The lowest BCUT2D eigenvalue weighted by Crippen LogP contribution is -2.27. The molecular formula is C9H16N3O12P3. The average molecular weight is 451 g/mol. The third kappa shape index (κ3) is 7.18. The van der Waals surface area contributed by atoms with Crippen molar-refractivity contribution in [2.45, 2.75) is 25.2 Å². The van der Waals surface area contributed by atoms with Gasteiger partial charge in [-0.05, 0) is 18.9 Å². The van der Waals surface area contributed by atoms with Crippen molar-refractivity contribution in [1.29, 1.82) is 0 Å². The van der Waals surface area contributed by atoms with Gasteiger partial charge in [0.15, 0.2) is 0 Å². The normalized spacial score (nSPS) is 25.0. The molecule has 0 amide bonds. The maximum absolute atomic E-state index is 11.7. The number of hydrogen-bond donors (Lipinski definition) is 5. The molecule has 1 aromatic rings. The summed E-state index contributed by atoms with van der Waals surface area (Å²) in [6.07, 6.45) is 0.456. The standard InChI is InChI=1S/C9H16N3O12P3/c10-7-3-4-12(9(13)11-7)8-2-1-6(22-8)5-21-26(17,18)24-27(19,20)23-25(14,15)16/h3-4,6,8H,1-2,5H2,(H,17,18)(H,19,20)(H2,10,11,13)(H2,14,15,16)/t6-,8?/m0/s1. The van der Waals surface area contributed by atoms with Gasteiger partial charge in [-0.25, -0.2) is 18.5 Å². The Kier molecular flexibility index (Phi) is 6.78. The van der Waals surface area contributed by atoms with Crippen LogP contribution in [0.25, 0.3) is 0 Å². The van der Waals surface area contributed by atoms with E-state index >= 15 is 0 Å². The van der Waals surface area contributed by atoms with Gasteiger partial charge in [-0.3, -0.25) is 9.09 Å². The van der Waals surface area contributed by atoms with Crippen LogP contribution in [0.2, 0.25) is 0 Å². The zero-order valence-corrected chi connectivity index (χ0v) is 16.0. The molecule has 154 valence electrons. The Hall–Kier alpha value is -0.950. The van der Waals surface area contributed by atoms with Gasteiger partial charge in [0, 0.05) is 6.20 Å². The molecule has 2 rings (SSSR count). The van der Waals surface area contributed by atoms with Crippen LogP contribution in [0, 0.1) is 0 Å². The molecule has 4 atom stereocenters. The Morgan fingerprint density at radius 3 is 2.44 bits per heavy atom. The SMILES string of the molecule is Nc1ccn(C2CC[C@@H](COP(=O)(O)OP(=O)(O)OP(=O)(O)O)O2)c(=O)n1. The zero-order chi connectivity index (χ0) is 20.5. The Morgan fingerprint density at radius 2 is 1.85 bits per heavy atom. The number of nitrogen functional groups attached to an aromatic ring is 1. The van der Waals surface area contributed by atoms with Crippen molar-refractivity contribution < 1.29 is 51.2 Å². The molecule has 18 heteroatoms. The van der Waals surface area contributed by atoms with Crippen LogP contribution in [0.5, 0.6) is 0 Å². The van der Waals surface area contributed by atoms with E-state index in [4.69, 9.17) is 25.2 Å². The molecule has 27 heavy (non-hydrogen) atoms. The number of phosphoric ester groups is 1. The molecule has 0 bridgehead atoms. The first-order valence-corrected chi connectivity index (χ1v) is 11.6. The van der Waals surface area contributed by atoms with Gasteiger partial charge >= 0.3 is 29.2 Å². The van der Waals surface area contributed by atoms with E-state index in [0.29, 0.717) is 6.42 Å². The predicted octanol–water partition coefficient (Wildman–Crippen LogP) is -0.154. The molecule has 1 fully saturated rings. The van der Waals surface area contributed by atoms with Crippen molar-refractivity contribution in [1.82, 2.24) is 9.55 Å². The van der Waals surface area contributed by atoms with Gasteiger partial charge in [-0.15, -0.1) is 0 Å². The highest BCUT2D eigenvalue weighted by molar-refractivity contribution is 7.66. The first kappa shape index (κ1) is 22.3. The topological polar surface area (TPSA) is 230 Å². The highest BCUT2D eigenvalue weighted by Gasteiger charge is 2.41. The molecule has 2 heterocycles. The molecule has 1 aliphatic heterocycles. The summed E-state index contributed by atoms with van der Waals surface area (Å²) >= 11 is 0. The van der Waals surface area contributed by atoms with E-state index in [1.807, 2.05) is 0 Å². The molecule has 0 radical (unpaired) electrons. The summed E-state index contributed by atoms with van der Waals surface area (Å²) in [4.78, 5) is 50.6. The van der Waals surface area contributed by atoms with Crippen LogP contribution in [0.3, 0.4) is 0 Å². The zero-order valence-electron chi connectivity index (χ0n) is 13.3. The van der Waals surface area contributed by atoms with Crippen LogP contribution < -0.4 is 11.4 Å². The van der Waals surface area contributed by atoms with Crippen LogP contribution in [-0.4, -0.2) is 41.8 Å². The first-order valence-electron chi connectivity index (χ1n) is 7.05. The van der Waals surface area contributed by atoms with Crippen LogP contribution in [0.4, 0.5) is 5.82 Å². The lowest BCUT2D eigenvalue weighted by molar-refractivity contribution is -0.0242. The molecule has 0 aromatic carbocycles.